The SMILES string of the molecule is CC(C)[C@H](NC(=O)CCCCCN1C(=O)C=CC1=O)C(=O)N[C@@H](C)C(=O)NCc1ccccc1C(=O)Nc1nc2c(ncn2[C@@H]2O[C@@H]3COP(O)(=S)O[C@H]4C[C@H](Oc5ccncn5)C[C@@H]4COP(=O)(S)O[C@@H]2[C@@H]3O)c(=O)[nH]1. The number of hydrogen-bond acceptors (Lipinski definition) is 20. The highest BCUT2D eigenvalue weighted by molar-refractivity contribution is 8.44. The van der Waals surface area contributed by atoms with Crippen LogP contribution in [-0.2, 0) is 69.7 Å². The number of H-pyrrole nitrogens is 1. The molecule has 4 aliphatic rings. The van der Waals surface area contributed by atoms with E-state index in [1.807, 2.05) is 0 Å². The fourth-order valence-corrected chi connectivity index (χ4v) is 12.0. The second-order valence-electron chi connectivity index (χ2n) is 18.9. The van der Waals surface area contributed by atoms with Gasteiger partial charge < -0.3 is 49.0 Å². The van der Waals surface area contributed by atoms with Gasteiger partial charge in [0.2, 0.25) is 29.5 Å². The van der Waals surface area contributed by atoms with Gasteiger partial charge in [0.25, 0.3) is 23.3 Å². The molecule has 1 aliphatic carbocycles. The minimum atomic E-state index is -4.36. The van der Waals surface area contributed by atoms with E-state index in [0.29, 0.717) is 37.1 Å². The third-order valence-electron chi connectivity index (χ3n) is 13.0. The minimum absolute atomic E-state index is 0.0702. The van der Waals surface area contributed by atoms with Crippen LogP contribution in [0.15, 0.2) is 66.1 Å². The molecule has 6 heterocycles. The van der Waals surface area contributed by atoms with Crippen molar-refractivity contribution in [3.05, 3.63) is 82.8 Å². The van der Waals surface area contributed by atoms with Crippen molar-refractivity contribution in [2.24, 2.45) is 11.8 Å². The number of nitrogens with zero attached hydrogens (tertiary/aromatic N) is 6. The maximum Gasteiger partial charge on any atom is 0.386 e. The van der Waals surface area contributed by atoms with Crippen molar-refractivity contribution in [2.45, 2.75) is 115 Å². The van der Waals surface area contributed by atoms with Gasteiger partial charge in [-0.25, -0.2) is 19.5 Å². The molecule has 1 saturated carbocycles. The Morgan fingerprint density at radius 2 is 1.73 bits per heavy atom. The molecule has 414 valence electrons. The van der Waals surface area contributed by atoms with Gasteiger partial charge in [-0.05, 0) is 55.5 Å². The normalized spacial score (nSPS) is 27.3. The van der Waals surface area contributed by atoms with Gasteiger partial charge in [0.05, 0.1) is 25.6 Å². The van der Waals surface area contributed by atoms with Gasteiger partial charge in [-0.3, -0.25) is 57.9 Å². The Kier molecular flexibility index (Phi) is 18.5. The molecule has 1 aromatic carbocycles. The summed E-state index contributed by atoms with van der Waals surface area (Å²) in [6.45, 7) is -4.20. The summed E-state index contributed by atoms with van der Waals surface area (Å²) in [6.07, 6.45) is 1.37. The fourth-order valence-electron chi connectivity index (χ4n) is 9.00. The highest BCUT2D eigenvalue weighted by atomic mass is 32.7. The van der Waals surface area contributed by atoms with Crippen molar-refractivity contribution in [1.29, 1.82) is 0 Å². The number of aromatic amines is 1. The summed E-state index contributed by atoms with van der Waals surface area (Å²) in [5.41, 5.74) is -0.795. The van der Waals surface area contributed by atoms with E-state index in [0.717, 1.165) is 11.2 Å². The molecule has 0 radical (unpaired) electrons. The van der Waals surface area contributed by atoms with Crippen molar-refractivity contribution < 1.29 is 70.9 Å². The zero-order valence-electron chi connectivity index (χ0n) is 41.7. The molecule has 0 spiro atoms. The number of hydrogen-bond donors (Lipinski definition) is 8. The molecule has 2 unspecified atom stereocenters. The van der Waals surface area contributed by atoms with Crippen LogP contribution in [-0.4, -0.2) is 142 Å². The number of amides is 6. The molecule has 8 rings (SSSR count). The Bertz CT molecular complexity index is 3040. The zero-order chi connectivity index (χ0) is 55.2. The second-order valence-corrected chi connectivity index (χ2v) is 24.5. The number of aromatic nitrogens is 6. The van der Waals surface area contributed by atoms with E-state index < -0.39 is 98.2 Å². The van der Waals surface area contributed by atoms with Gasteiger partial charge in [-0.15, -0.1) is 0 Å². The van der Waals surface area contributed by atoms with Crippen LogP contribution in [0.5, 0.6) is 5.88 Å². The lowest BCUT2D eigenvalue weighted by Crippen LogP contribution is -2.54. The molecule has 3 aliphatic heterocycles. The Hall–Kier alpha value is -5.84. The van der Waals surface area contributed by atoms with E-state index in [4.69, 9.17) is 39.4 Å². The van der Waals surface area contributed by atoms with Crippen LogP contribution in [0.25, 0.3) is 11.2 Å². The van der Waals surface area contributed by atoms with Gasteiger partial charge in [0.1, 0.15) is 42.8 Å². The van der Waals surface area contributed by atoms with Crippen LogP contribution in [0.4, 0.5) is 5.95 Å². The number of aliphatic hydroxyl groups excluding tert-OH is 1. The first-order chi connectivity index (χ1) is 36.6. The van der Waals surface area contributed by atoms with E-state index >= 15 is 0 Å². The lowest BCUT2D eigenvalue weighted by atomic mass is 10.0. The monoisotopic (exact) mass is 1150 g/mol. The number of benzene rings is 1. The standard InChI is InChI=1S/C46H57N11O16P2S2/c1-24(2)36(52-32(58)11-5-4-8-16-56-34(59)12-13-35(56)60)43(64)51-25(3)41(62)48-19-26-9-6-7-10-29(26)42(63)54-46-53-40-37(44(65)55-46)50-23-57(40)45-39-38(61)31(71-45)21-69-74(66,76)72-30-18-28(70-33-14-15-47-22-49-33)17-27(30)20-68-75(67,77)73-39/h6-7,9-10,12-15,22-25,27-28,30-31,36,38-39,45,61H,4-5,8,11,16-21H2,1-3H3,(H,48,62)(H,51,64)(H,52,58)(H,66,76)(H,67,77)(H2,53,54,55,63,65)/t25-,27+,28+,30-,31+,36-,38+,39+,45+,74?,75?/m0/s1. The van der Waals surface area contributed by atoms with E-state index in [1.165, 1.54) is 42.2 Å². The quantitative estimate of drug-likeness (QED) is 0.0306. The van der Waals surface area contributed by atoms with E-state index in [9.17, 15) is 48.1 Å². The highest BCUT2D eigenvalue weighted by Crippen LogP contribution is 2.58. The summed E-state index contributed by atoms with van der Waals surface area (Å²) in [5.74, 6) is -4.02. The molecule has 31 heteroatoms. The molecule has 6 amide bonds. The second kappa shape index (κ2) is 24.9. The zero-order valence-corrected chi connectivity index (χ0v) is 45.2. The average Bonchev–Trinajstić information content (AvgIpc) is 4.18. The van der Waals surface area contributed by atoms with Gasteiger partial charge in [0.15, 0.2) is 17.4 Å². The number of ether oxygens (including phenoxy) is 2. The van der Waals surface area contributed by atoms with Gasteiger partial charge in [0, 0.05) is 61.8 Å². The molecule has 77 heavy (non-hydrogen) atoms. The molecule has 7 N–H and O–H groups in total. The van der Waals surface area contributed by atoms with Crippen molar-refractivity contribution in [3.63, 3.8) is 0 Å². The largest absolute Gasteiger partial charge is 0.474 e. The van der Waals surface area contributed by atoms with E-state index in [1.54, 1.807) is 38.1 Å². The third-order valence-corrected chi connectivity index (χ3v) is 16.2. The van der Waals surface area contributed by atoms with Crippen molar-refractivity contribution >= 4 is 90.1 Å². The summed E-state index contributed by atoms with van der Waals surface area (Å²) in [4.78, 5) is 122. The number of fused-ring (bicyclic) bond motifs is 4. The van der Waals surface area contributed by atoms with Crippen molar-refractivity contribution in [3.8, 4) is 5.88 Å². The summed E-state index contributed by atoms with van der Waals surface area (Å²) < 4.78 is 50.5. The predicted octanol–water partition coefficient (Wildman–Crippen LogP) is 2.10. The van der Waals surface area contributed by atoms with Crippen LogP contribution >= 0.6 is 25.8 Å². The van der Waals surface area contributed by atoms with Crippen molar-refractivity contribution in [1.82, 2.24) is 50.3 Å². The molecular weight excluding hydrogens is 1090 g/mol. The first-order valence-corrected chi connectivity index (χ1v) is 29.8. The summed E-state index contributed by atoms with van der Waals surface area (Å²) in [7, 11) is 0. The van der Waals surface area contributed by atoms with Crippen LogP contribution in [0.2, 0.25) is 0 Å². The number of thiol groups is 1. The van der Waals surface area contributed by atoms with E-state index in [-0.39, 0.29) is 78.9 Å². The number of carbonyl (C=O) groups is 6. The summed E-state index contributed by atoms with van der Waals surface area (Å²) in [6, 6.07) is 5.79. The summed E-state index contributed by atoms with van der Waals surface area (Å²) in [5, 5.41) is 22.2. The Balaban J connectivity index is 0.887. The summed E-state index contributed by atoms with van der Waals surface area (Å²) >= 11 is 9.58. The average molecular weight is 1150 g/mol. The minimum Gasteiger partial charge on any atom is -0.474 e. The lowest BCUT2D eigenvalue weighted by molar-refractivity contribution is -0.137. The van der Waals surface area contributed by atoms with Crippen LogP contribution in [0, 0.1) is 11.8 Å². The molecular formula is C46H57N11O16P2S2. The number of anilines is 1. The molecule has 2 saturated heterocycles. The van der Waals surface area contributed by atoms with Crippen LogP contribution < -0.4 is 31.6 Å². The van der Waals surface area contributed by atoms with Gasteiger partial charge in [-0.2, -0.15) is 4.98 Å². The maximum atomic E-state index is 13.9. The first-order valence-electron chi connectivity index (χ1n) is 24.5. The molecule has 27 nitrogen and oxygen atoms in total. The van der Waals surface area contributed by atoms with Gasteiger partial charge in [-0.1, -0.05) is 50.7 Å². The molecule has 11 atom stereocenters. The highest BCUT2D eigenvalue weighted by Gasteiger charge is 2.51. The number of unbranched alkanes of at least 4 members (excludes halogenated alkanes) is 2. The molecule has 2 bridgehead atoms. The molecule has 4 aromatic rings. The molecule has 3 aromatic heterocycles. The van der Waals surface area contributed by atoms with Gasteiger partial charge >= 0.3 is 13.5 Å². The number of nitrogens with one attached hydrogen (secondary N) is 5. The Morgan fingerprint density at radius 1 is 0.961 bits per heavy atom. The fraction of sp³-hybridized carbons (Fsp3) is 0.500. The molecule has 3 fully saturated rings. The van der Waals surface area contributed by atoms with Crippen molar-refractivity contribution in [2.75, 3.05) is 25.1 Å². The number of carbonyl (C=O) groups excluding carboxylic acids is 6. The first kappa shape index (κ1) is 57.3. The smallest absolute Gasteiger partial charge is 0.386 e. The Morgan fingerprint density at radius 3 is 2.47 bits per heavy atom. The van der Waals surface area contributed by atoms with E-state index in [2.05, 4.69) is 58.4 Å². The number of aliphatic hydroxyl groups is 1. The number of imidazole rings is 1. The number of imide groups is 1. The third kappa shape index (κ3) is 14.5. The lowest BCUT2D eigenvalue weighted by Gasteiger charge is -2.27. The maximum absolute atomic E-state index is 13.9. The number of rotatable bonds is 18. The predicted molar refractivity (Wildman–Crippen MR) is 277 cm³/mol. The van der Waals surface area contributed by atoms with Crippen LogP contribution in [0.1, 0.15) is 81.4 Å². The van der Waals surface area contributed by atoms with Crippen LogP contribution in [0.3, 0.4) is 0 Å². The Labute approximate surface area is 449 Å². The topological polar surface area (TPSA) is 356 Å².